The number of rotatable bonds is 4. The number of nitrogens with one attached hydrogen (secondary N) is 2. The van der Waals surface area contributed by atoms with Crippen molar-refractivity contribution in [1.29, 1.82) is 0 Å². The molecule has 4 rings (SSSR count). The van der Waals surface area contributed by atoms with Crippen LogP contribution in [0.25, 0.3) is 0 Å². The second-order valence-electron chi connectivity index (χ2n) is 5.64. The largest absolute Gasteiger partial charge is 0.347 e. The van der Waals surface area contributed by atoms with Gasteiger partial charge in [0.15, 0.2) is 0 Å². The smallest absolute Gasteiger partial charge is 0.261 e. The molecule has 0 aliphatic carbocycles. The number of halogens is 1. The molecular formula is C15H15ClN2OS3. The highest BCUT2D eigenvalue weighted by molar-refractivity contribution is 8.03. The molecule has 0 saturated carbocycles. The van der Waals surface area contributed by atoms with E-state index in [0.29, 0.717) is 18.1 Å². The third kappa shape index (κ3) is 3.08. The maximum Gasteiger partial charge on any atom is 0.261 e. The first kappa shape index (κ1) is 15.0. The summed E-state index contributed by atoms with van der Waals surface area (Å²) in [6.45, 7) is 0. The topological polar surface area (TPSA) is 41.1 Å². The van der Waals surface area contributed by atoms with E-state index in [0.717, 1.165) is 24.1 Å². The van der Waals surface area contributed by atoms with Crippen molar-refractivity contribution in [3.05, 3.63) is 33.5 Å². The highest BCUT2D eigenvalue weighted by atomic mass is 35.5. The molecule has 2 aliphatic heterocycles. The summed E-state index contributed by atoms with van der Waals surface area (Å²) >= 11 is 10.7. The molecule has 0 aromatic carbocycles. The van der Waals surface area contributed by atoms with Crippen LogP contribution in [0.5, 0.6) is 0 Å². The minimum absolute atomic E-state index is 0.0559. The lowest BCUT2D eigenvalue weighted by Crippen LogP contribution is -2.42. The average molecular weight is 371 g/mol. The molecule has 116 valence electrons. The first-order valence-electron chi connectivity index (χ1n) is 7.27. The number of hydrogen-bond acceptors (Lipinski definition) is 5. The molecule has 2 fully saturated rings. The van der Waals surface area contributed by atoms with Crippen LogP contribution in [-0.2, 0) is 0 Å². The summed E-state index contributed by atoms with van der Waals surface area (Å²) in [7, 11) is 0. The van der Waals surface area contributed by atoms with Crippen molar-refractivity contribution in [2.24, 2.45) is 0 Å². The summed E-state index contributed by atoms with van der Waals surface area (Å²) in [5.74, 6) is 0.0559. The van der Waals surface area contributed by atoms with Crippen LogP contribution in [0, 0.1) is 0 Å². The summed E-state index contributed by atoms with van der Waals surface area (Å²) in [4.78, 5) is 13.2. The van der Waals surface area contributed by atoms with Gasteiger partial charge in [-0.25, -0.2) is 0 Å². The van der Waals surface area contributed by atoms with Crippen LogP contribution >= 0.6 is 46.0 Å². The Hall–Kier alpha value is -0.530. The van der Waals surface area contributed by atoms with Crippen LogP contribution < -0.4 is 10.6 Å². The summed E-state index contributed by atoms with van der Waals surface area (Å²) in [5.41, 5.74) is 0. The van der Waals surface area contributed by atoms with Crippen molar-refractivity contribution in [1.82, 2.24) is 10.6 Å². The summed E-state index contributed by atoms with van der Waals surface area (Å²) < 4.78 is 3.06. The van der Waals surface area contributed by atoms with E-state index in [1.165, 1.54) is 12.8 Å². The fourth-order valence-corrected chi connectivity index (χ4v) is 6.77. The third-order valence-corrected chi connectivity index (χ3v) is 7.75. The van der Waals surface area contributed by atoms with Crippen LogP contribution in [-0.4, -0.2) is 24.0 Å². The van der Waals surface area contributed by atoms with Gasteiger partial charge in [0.2, 0.25) is 0 Å². The Kier molecular flexibility index (Phi) is 4.21. The highest BCUT2D eigenvalue weighted by Crippen LogP contribution is 2.38. The number of hydrogen-bond donors (Lipinski definition) is 2. The molecule has 3 atom stereocenters. The third-order valence-electron chi connectivity index (χ3n) is 4.17. The molecule has 22 heavy (non-hydrogen) atoms. The average Bonchev–Trinajstić information content (AvgIpc) is 3.24. The minimum Gasteiger partial charge on any atom is -0.347 e. The molecule has 1 amide bonds. The second-order valence-corrected chi connectivity index (χ2v) is 10.0. The summed E-state index contributed by atoms with van der Waals surface area (Å²) in [6.07, 6.45) is 3.50. The molecule has 0 radical (unpaired) electrons. The van der Waals surface area contributed by atoms with Crippen LogP contribution in [0.3, 0.4) is 0 Å². The maximum atomic E-state index is 12.4. The molecule has 2 N–H and O–H groups in total. The molecule has 4 heterocycles. The van der Waals surface area contributed by atoms with E-state index in [1.54, 1.807) is 34.4 Å². The van der Waals surface area contributed by atoms with E-state index in [1.807, 2.05) is 24.3 Å². The van der Waals surface area contributed by atoms with Crippen molar-refractivity contribution in [3.8, 4) is 0 Å². The highest BCUT2D eigenvalue weighted by Gasteiger charge is 2.39. The normalized spacial score (nSPS) is 26.5. The number of fused-ring (bicyclic) bond motifs is 2. The zero-order valence-corrected chi connectivity index (χ0v) is 14.9. The van der Waals surface area contributed by atoms with E-state index in [-0.39, 0.29) is 5.91 Å². The molecule has 0 spiro atoms. The quantitative estimate of drug-likeness (QED) is 0.845. The van der Waals surface area contributed by atoms with E-state index in [4.69, 9.17) is 11.6 Å². The Labute approximate surface area is 146 Å². The predicted molar refractivity (Wildman–Crippen MR) is 93.6 cm³/mol. The standard InChI is InChI=1S/C15H15ClN2OS3/c16-12-4-6-14(21-12)22-13-5-3-11(20-13)15(19)18-10-7-8-1-2-9(10)17-8/h3-6,8-10,17H,1-2,7H2,(H,18,19)/t8-,9+,10-/m1/s1. The zero-order valence-electron chi connectivity index (χ0n) is 11.7. The van der Waals surface area contributed by atoms with Gasteiger partial charge in [0.05, 0.1) is 17.6 Å². The van der Waals surface area contributed by atoms with Gasteiger partial charge in [0.1, 0.15) is 0 Å². The number of thiophene rings is 2. The first-order valence-corrected chi connectivity index (χ1v) is 10.1. The van der Waals surface area contributed by atoms with Crippen LogP contribution in [0.15, 0.2) is 32.7 Å². The predicted octanol–water partition coefficient (Wildman–Crippen LogP) is 4.24. The number of carbonyl (C=O) groups excluding carboxylic acids is 1. The minimum atomic E-state index is 0.0559. The summed E-state index contributed by atoms with van der Waals surface area (Å²) in [5, 5.41) is 6.74. The molecule has 7 heteroatoms. The monoisotopic (exact) mass is 370 g/mol. The van der Waals surface area contributed by atoms with Gasteiger partial charge in [-0.2, -0.15) is 0 Å². The van der Waals surface area contributed by atoms with Gasteiger partial charge in [-0.05, 0) is 43.5 Å². The maximum absolute atomic E-state index is 12.4. The Bertz CT molecular complexity index is 699. The Morgan fingerprint density at radius 3 is 2.73 bits per heavy atom. The molecule has 2 bridgehead atoms. The van der Waals surface area contributed by atoms with Crippen molar-refractivity contribution < 1.29 is 4.79 Å². The molecule has 2 aromatic rings. The van der Waals surface area contributed by atoms with Crippen molar-refractivity contribution in [2.45, 2.75) is 45.8 Å². The lowest BCUT2D eigenvalue weighted by molar-refractivity contribution is 0.0935. The first-order chi connectivity index (χ1) is 10.7. The van der Waals surface area contributed by atoms with Gasteiger partial charge in [-0.1, -0.05) is 23.4 Å². The zero-order chi connectivity index (χ0) is 15.1. The van der Waals surface area contributed by atoms with Gasteiger partial charge in [0, 0.05) is 18.1 Å². The van der Waals surface area contributed by atoms with E-state index < -0.39 is 0 Å². The second kappa shape index (κ2) is 6.17. The van der Waals surface area contributed by atoms with Crippen molar-refractivity contribution in [3.63, 3.8) is 0 Å². The molecule has 3 nitrogen and oxygen atoms in total. The van der Waals surface area contributed by atoms with Gasteiger partial charge < -0.3 is 10.6 Å². The van der Waals surface area contributed by atoms with Crippen molar-refractivity contribution in [2.75, 3.05) is 0 Å². The van der Waals surface area contributed by atoms with Crippen LogP contribution in [0.4, 0.5) is 0 Å². The lowest BCUT2D eigenvalue weighted by Gasteiger charge is -2.20. The fourth-order valence-electron chi connectivity index (χ4n) is 3.17. The molecule has 2 saturated heterocycles. The lowest BCUT2D eigenvalue weighted by atomic mass is 9.95. The van der Waals surface area contributed by atoms with Crippen LogP contribution in [0.1, 0.15) is 28.9 Å². The Balaban J connectivity index is 1.39. The number of amides is 1. The molecular weight excluding hydrogens is 356 g/mol. The van der Waals surface area contributed by atoms with E-state index >= 15 is 0 Å². The molecule has 2 aromatic heterocycles. The van der Waals surface area contributed by atoms with Gasteiger partial charge in [-0.15, -0.1) is 22.7 Å². The Morgan fingerprint density at radius 1 is 1.23 bits per heavy atom. The fraction of sp³-hybridized carbons (Fsp3) is 0.400. The van der Waals surface area contributed by atoms with Gasteiger partial charge in [0.25, 0.3) is 5.91 Å². The molecule has 0 unspecified atom stereocenters. The molecule has 2 aliphatic rings. The van der Waals surface area contributed by atoms with Gasteiger partial charge >= 0.3 is 0 Å². The summed E-state index contributed by atoms with van der Waals surface area (Å²) in [6, 6.07) is 9.20. The SMILES string of the molecule is O=C(N[C@@H]1C[C@H]2CC[C@@H]1N2)c1ccc(Sc2ccc(Cl)s2)s1. The van der Waals surface area contributed by atoms with Crippen molar-refractivity contribution >= 4 is 51.9 Å². The number of carbonyl (C=O) groups is 1. The van der Waals surface area contributed by atoms with E-state index in [9.17, 15) is 4.79 Å². The van der Waals surface area contributed by atoms with E-state index in [2.05, 4.69) is 10.6 Å². The Morgan fingerprint density at radius 2 is 2.05 bits per heavy atom. The van der Waals surface area contributed by atoms with Crippen LogP contribution in [0.2, 0.25) is 4.34 Å². The van der Waals surface area contributed by atoms with Gasteiger partial charge in [-0.3, -0.25) is 4.79 Å².